The molecule has 4 aromatic rings. The second-order valence-corrected chi connectivity index (χ2v) is 6.86. The van der Waals surface area contributed by atoms with Gasteiger partial charge in [0.1, 0.15) is 11.3 Å². The number of halogens is 2. The number of hydrogen-bond donors (Lipinski definition) is 1. The Morgan fingerprint density at radius 1 is 1.07 bits per heavy atom. The third-order valence-corrected chi connectivity index (χ3v) is 4.70. The van der Waals surface area contributed by atoms with Crippen LogP contribution < -0.4 is 10.1 Å². The molecule has 0 aliphatic rings. The Balaban J connectivity index is 1.63. The molecule has 1 heterocycles. The van der Waals surface area contributed by atoms with E-state index >= 15 is 0 Å². The molecule has 0 saturated carbocycles. The lowest BCUT2D eigenvalue weighted by Crippen LogP contribution is -2.12. The first-order valence-corrected chi connectivity index (χ1v) is 9.10. The van der Waals surface area contributed by atoms with Crippen molar-refractivity contribution in [3.8, 4) is 17.2 Å². The monoisotopic (exact) mass is 412 g/mol. The number of rotatable bonds is 4. The summed E-state index contributed by atoms with van der Waals surface area (Å²) >= 11 is 12.1. The minimum Gasteiger partial charge on any atom is -0.497 e. The van der Waals surface area contributed by atoms with Crippen LogP contribution in [-0.2, 0) is 0 Å². The first kappa shape index (κ1) is 18.3. The highest BCUT2D eigenvalue weighted by atomic mass is 35.5. The molecule has 3 aromatic carbocycles. The lowest BCUT2D eigenvalue weighted by molar-refractivity contribution is 0.102. The Labute approximate surface area is 170 Å². The predicted octanol–water partition coefficient (Wildman–Crippen LogP) is 6.06. The summed E-state index contributed by atoms with van der Waals surface area (Å²) in [7, 11) is 1.60. The van der Waals surface area contributed by atoms with Crippen LogP contribution in [0.4, 0.5) is 5.69 Å². The van der Waals surface area contributed by atoms with Crippen molar-refractivity contribution < 1.29 is 13.9 Å². The summed E-state index contributed by atoms with van der Waals surface area (Å²) in [6, 6.07) is 17.4. The van der Waals surface area contributed by atoms with Crippen LogP contribution in [0.15, 0.2) is 65.1 Å². The third kappa shape index (κ3) is 3.67. The molecule has 0 radical (unpaired) electrons. The average molecular weight is 413 g/mol. The molecular formula is C21H14Cl2N2O3. The van der Waals surface area contributed by atoms with Gasteiger partial charge in [-0.15, -0.1) is 0 Å². The van der Waals surface area contributed by atoms with E-state index in [1.807, 2.05) is 12.1 Å². The largest absolute Gasteiger partial charge is 0.497 e. The lowest BCUT2D eigenvalue weighted by Gasteiger charge is -2.08. The first-order chi connectivity index (χ1) is 13.5. The summed E-state index contributed by atoms with van der Waals surface area (Å²) in [6.07, 6.45) is 0. The number of oxazole rings is 1. The number of hydrogen-bond acceptors (Lipinski definition) is 4. The number of fused-ring (bicyclic) bond motifs is 1. The van der Waals surface area contributed by atoms with Gasteiger partial charge < -0.3 is 14.5 Å². The third-order valence-electron chi connectivity index (χ3n) is 4.14. The van der Waals surface area contributed by atoms with E-state index in [9.17, 15) is 4.79 Å². The van der Waals surface area contributed by atoms with Crippen molar-refractivity contribution in [3.05, 3.63) is 76.3 Å². The molecule has 0 fully saturated rings. The zero-order chi connectivity index (χ0) is 19.7. The minimum absolute atomic E-state index is 0.300. The second-order valence-electron chi connectivity index (χ2n) is 6.01. The maximum atomic E-state index is 12.5. The minimum atomic E-state index is -0.355. The second kappa shape index (κ2) is 7.54. The molecule has 1 N–H and O–H groups in total. The smallest absolute Gasteiger partial charge is 0.257 e. The molecule has 5 nitrogen and oxygen atoms in total. The van der Waals surface area contributed by atoms with Gasteiger partial charge in [-0.1, -0.05) is 29.3 Å². The van der Waals surface area contributed by atoms with Crippen LogP contribution in [0, 0.1) is 0 Å². The van der Waals surface area contributed by atoms with Gasteiger partial charge in [0.15, 0.2) is 5.58 Å². The van der Waals surface area contributed by atoms with Crippen LogP contribution in [0.5, 0.6) is 5.75 Å². The van der Waals surface area contributed by atoms with E-state index in [0.717, 1.165) is 5.56 Å². The van der Waals surface area contributed by atoms with Crippen molar-refractivity contribution in [3.63, 3.8) is 0 Å². The van der Waals surface area contributed by atoms with E-state index in [2.05, 4.69) is 10.3 Å². The molecule has 1 amide bonds. The highest BCUT2D eigenvalue weighted by Gasteiger charge is 2.13. The zero-order valence-corrected chi connectivity index (χ0v) is 16.2. The van der Waals surface area contributed by atoms with Crippen LogP contribution in [0.3, 0.4) is 0 Å². The number of benzene rings is 3. The van der Waals surface area contributed by atoms with Crippen LogP contribution in [0.2, 0.25) is 10.0 Å². The van der Waals surface area contributed by atoms with Crippen LogP contribution in [-0.4, -0.2) is 18.0 Å². The van der Waals surface area contributed by atoms with Crippen molar-refractivity contribution in [2.75, 3.05) is 12.4 Å². The highest BCUT2D eigenvalue weighted by Crippen LogP contribution is 2.29. The van der Waals surface area contributed by atoms with Crippen molar-refractivity contribution >= 4 is 45.9 Å². The molecule has 28 heavy (non-hydrogen) atoms. The normalized spacial score (nSPS) is 10.8. The van der Waals surface area contributed by atoms with E-state index in [1.54, 1.807) is 49.6 Å². The average Bonchev–Trinajstić information content (AvgIpc) is 3.13. The van der Waals surface area contributed by atoms with Crippen LogP contribution in [0.25, 0.3) is 22.6 Å². The zero-order valence-electron chi connectivity index (χ0n) is 14.7. The van der Waals surface area contributed by atoms with Gasteiger partial charge in [-0.2, -0.15) is 0 Å². The Morgan fingerprint density at radius 3 is 2.75 bits per heavy atom. The number of carbonyl (C=O) groups is 1. The summed E-state index contributed by atoms with van der Waals surface area (Å²) in [5, 5.41) is 3.58. The van der Waals surface area contributed by atoms with Gasteiger partial charge in [0, 0.05) is 22.3 Å². The van der Waals surface area contributed by atoms with Gasteiger partial charge in [-0.3, -0.25) is 4.79 Å². The van der Waals surface area contributed by atoms with Gasteiger partial charge in [-0.05, 0) is 48.5 Å². The van der Waals surface area contributed by atoms with Gasteiger partial charge in [0.05, 0.1) is 17.7 Å². The molecule has 0 spiro atoms. The summed E-state index contributed by atoms with van der Waals surface area (Å²) < 4.78 is 11.0. The quantitative estimate of drug-likeness (QED) is 0.442. The SMILES string of the molecule is COc1ccc2oc(-c3cccc(NC(=O)c4cc(Cl)ccc4Cl)c3)nc2c1. The predicted molar refractivity (Wildman–Crippen MR) is 110 cm³/mol. The van der Waals surface area contributed by atoms with Gasteiger partial charge in [0.2, 0.25) is 5.89 Å². The fourth-order valence-electron chi connectivity index (χ4n) is 2.76. The Morgan fingerprint density at radius 2 is 1.93 bits per heavy atom. The summed E-state index contributed by atoms with van der Waals surface area (Å²) in [6.45, 7) is 0. The van der Waals surface area contributed by atoms with E-state index < -0.39 is 0 Å². The summed E-state index contributed by atoms with van der Waals surface area (Å²) in [4.78, 5) is 17.0. The molecule has 0 bridgehead atoms. The fourth-order valence-corrected chi connectivity index (χ4v) is 3.13. The van der Waals surface area contributed by atoms with Gasteiger partial charge in [0.25, 0.3) is 5.91 Å². The molecular weight excluding hydrogens is 399 g/mol. The van der Waals surface area contributed by atoms with Crippen LogP contribution >= 0.6 is 23.2 Å². The summed E-state index contributed by atoms with van der Waals surface area (Å²) in [5.41, 5.74) is 2.95. The molecule has 7 heteroatoms. The Hall–Kier alpha value is -3.02. The number of amides is 1. The van der Waals surface area contributed by atoms with E-state index in [-0.39, 0.29) is 5.91 Å². The molecule has 1 aromatic heterocycles. The number of methoxy groups -OCH3 is 1. The topological polar surface area (TPSA) is 64.4 Å². The van der Waals surface area contributed by atoms with Gasteiger partial charge in [-0.25, -0.2) is 4.98 Å². The van der Waals surface area contributed by atoms with Crippen molar-refractivity contribution in [2.45, 2.75) is 0 Å². The number of anilines is 1. The first-order valence-electron chi connectivity index (χ1n) is 8.35. The Kier molecular flexibility index (Phi) is 4.94. The Bertz CT molecular complexity index is 1190. The van der Waals surface area contributed by atoms with E-state index in [1.165, 1.54) is 6.07 Å². The van der Waals surface area contributed by atoms with Crippen molar-refractivity contribution in [2.24, 2.45) is 0 Å². The molecule has 0 unspecified atom stereocenters. The van der Waals surface area contributed by atoms with Crippen molar-refractivity contribution in [1.82, 2.24) is 4.98 Å². The molecule has 140 valence electrons. The summed E-state index contributed by atoms with van der Waals surface area (Å²) in [5.74, 6) is 0.791. The molecule has 0 saturated heterocycles. The fraction of sp³-hybridized carbons (Fsp3) is 0.0476. The standard InChI is InChI=1S/C21H14Cl2N2O3/c1-27-15-6-8-19-18(11-15)25-21(28-19)12-3-2-4-14(9-12)24-20(26)16-10-13(22)5-7-17(16)23/h2-11H,1H3,(H,24,26). The number of nitrogens with zero attached hydrogens (tertiary/aromatic N) is 1. The van der Waals surface area contributed by atoms with Crippen LogP contribution in [0.1, 0.15) is 10.4 Å². The molecule has 0 aliphatic carbocycles. The van der Waals surface area contributed by atoms with Gasteiger partial charge >= 0.3 is 0 Å². The molecule has 4 rings (SSSR count). The lowest BCUT2D eigenvalue weighted by atomic mass is 10.1. The van der Waals surface area contributed by atoms with E-state index in [4.69, 9.17) is 32.4 Å². The number of ether oxygens (including phenoxy) is 1. The van der Waals surface area contributed by atoms with E-state index in [0.29, 0.717) is 44.0 Å². The molecule has 0 atom stereocenters. The number of nitrogens with one attached hydrogen (secondary N) is 1. The number of carbonyl (C=O) groups excluding carboxylic acids is 1. The maximum absolute atomic E-state index is 12.5. The number of aromatic nitrogens is 1. The van der Waals surface area contributed by atoms with Crippen molar-refractivity contribution in [1.29, 1.82) is 0 Å². The molecule has 0 aliphatic heterocycles. The maximum Gasteiger partial charge on any atom is 0.257 e. The highest BCUT2D eigenvalue weighted by molar-refractivity contribution is 6.36.